The molecule has 0 radical (unpaired) electrons. The van der Waals surface area contributed by atoms with E-state index in [1.807, 2.05) is 0 Å². The van der Waals surface area contributed by atoms with Crippen molar-refractivity contribution in [3.8, 4) is 0 Å². The average molecular weight is 570 g/mol. The molecule has 0 saturated heterocycles. The number of halogens is 3. The van der Waals surface area contributed by atoms with Crippen LogP contribution in [0.2, 0.25) is 11.1 Å². The third kappa shape index (κ3) is 5.51. The van der Waals surface area contributed by atoms with Crippen molar-refractivity contribution in [2.24, 2.45) is 0 Å². The van der Waals surface area contributed by atoms with E-state index >= 15 is 0 Å². The molecular formula is C29H39Cl3SiTi. The van der Waals surface area contributed by atoms with Crippen molar-refractivity contribution in [3.05, 3.63) is 80.3 Å². The quantitative estimate of drug-likeness (QED) is 0.327. The summed E-state index contributed by atoms with van der Waals surface area (Å²) in [6, 6.07) is 20.5. The monoisotopic (exact) mass is 568 g/mol. The molecule has 0 heterocycles. The van der Waals surface area contributed by atoms with E-state index in [4.69, 9.17) is 0 Å². The summed E-state index contributed by atoms with van der Waals surface area (Å²) in [6.07, 6.45) is 4.74. The first-order valence-corrected chi connectivity index (χ1v) is 15.1. The zero-order chi connectivity index (χ0) is 22.8. The van der Waals surface area contributed by atoms with E-state index < -0.39 is 8.07 Å². The van der Waals surface area contributed by atoms with Crippen molar-refractivity contribution in [2.45, 2.75) is 85.2 Å². The molecule has 0 spiro atoms. The van der Waals surface area contributed by atoms with Crippen LogP contribution in [0, 0.1) is 0 Å². The summed E-state index contributed by atoms with van der Waals surface area (Å²) >= 11 is 2.43. The van der Waals surface area contributed by atoms with Crippen molar-refractivity contribution in [3.63, 3.8) is 0 Å². The van der Waals surface area contributed by atoms with Crippen molar-refractivity contribution in [1.82, 2.24) is 0 Å². The molecule has 0 fully saturated rings. The summed E-state index contributed by atoms with van der Waals surface area (Å²) in [5, 5.41) is 3.35. The molecule has 2 unspecified atom stereocenters. The molecule has 3 rings (SSSR count). The number of allylic oxidation sites excluding steroid dienone is 4. The number of benzene rings is 2. The van der Waals surface area contributed by atoms with Crippen LogP contribution in [0.25, 0.3) is 0 Å². The van der Waals surface area contributed by atoms with Gasteiger partial charge in [0.05, 0.1) is 0 Å². The summed E-state index contributed by atoms with van der Waals surface area (Å²) in [7, 11) is -2.18. The van der Waals surface area contributed by atoms with Crippen LogP contribution in [0.5, 0.6) is 0 Å². The molecule has 0 aromatic heterocycles. The normalized spacial score (nSPS) is 19.2. The molecule has 0 nitrogen and oxygen atoms in total. The zero-order valence-corrected chi connectivity index (χ0v) is 26.6. The van der Waals surface area contributed by atoms with Crippen molar-refractivity contribution >= 4 is 18.4 Å². The molecule has 0 amide bonds. The van der Waals surface area contributed by atoms with Crippen LogP contribution in [0.3, 0.4) is 0 Å². The van der Waals surface area contributed by atoms with E-state index in [-0.39, 0.29) is 42.3 Å². The van der Waals surface area contributed by atoms with Gasteiger partial charge in [-0.15, -0.1) is 0 Å². The molecule has 5 heteroatoms. The van der Waals surface area contributed by atoms with Crippen LogP contribution in [0.1, 0.15) is 72.4 Å². The maximum Gasteiger partial charge on any atom is -1.00 e. The summed E-state index contributed by atoms with van der Waals surface area (Å²) in [5.41, 5.74) is 7.64. The van der Waals surface area contributed by atoms with Gasteiger partial charge < -0.3 is 37.2 Å². The standard InChI is InChI=1S/C29H39Si.3ClH.Ti/c1-8-11-17-30(27-15-13-12-14-16-27,29(7)21-22(4)23(5)24(29)6)28-19-25(9-2)18-26(10-3)20-28;;;;/h12-16,18-20H,8-11,17H2,1-7H3;3*1H;/q;;;;+3/p-3. The zero-order valence-electron chi connectivity index (χ0n) is 21.8. The van der Waals surface area contributed by atoms with Gasteiger partial charge in [0.15, 0.2) is 0 Å². The second-order valence-electron chi connectivity index (χ2n) is 9.50. The van der Waals surface area contributed by atoms with E-state index in [0.29, 0.717) is 0 Å². The van der Waals surface area contributed by atoms with E-state index in [2.05, 4.69) is 117 Å². The van der Waals surface area contributed by atoms with Crippen LogP contribution in [0.4, 0.5) is 0 Å². The number of hydrogen-bond acceptors (Lipinski definition) is 0. The van der Waals surface area contributed by atoms with Gasteiger partial charge in [-0.3, -0.25) is 0 Å². The van der Waals surface area contributed by atoms with Gasteiger partial charge in [0.25, 0.3) is 0 Å². The topological polar surface area (TPSA) is 0 Å². The van der Waals surface area contributed by atoms with E-state index in [1.54, 1.807) is 19.8 Å². The van der Waals surface area contributed by atoms with Crippen LogP contribution in [0.15, 0.2) is 69.1 Å². The smallest absolute Gasteiger partial charge is 1.00 e. The Morgan fingerprint density at radius 1 is 0.765 bits per heavy atom. The van der Waals surface area contributed by atoms with Gasteiger partial charge in [0.2, 0.25) is 0 Å². The van der Waals surface area contributed by atoms with Gasteiger partial charge in [-0.05, 0) is 0 Å². The average Bonchev–Trinajstić information content (AvgIpc) is 2.96. The predicted molar refractivity (Wildman–Crippen MR) is 136 cm³/mol. The summed E-state index contributed by atoms with van der Waals surface area (Å²) in [4.78, 5) is 0. The molecule has 2 aromatic carbocycles. The molecule has 2 atom stereocenters. The summed E-state index contributed by atoms with van der Waals surface area (Å²) in [6.45, 7) is 16.7. The summed E-state index contributed by atoms with van der Waals surface area (Å²) < 4.78 is 1.61. The van der Waals surface area contributed by atoms with E-state index in [0.717, 1.165) is 12.8 Å². The second-order valence-corrected chi connectivity index (χ2v) is 14.7. The Morgan fingerprint density at radius 3 is 1.71 bits per heavy atom. The molecule has 0 aliphatic heterocycles. The number of unbranched alkanes of at least 4 members (excludes halogenated alkanes) is 1. The third-order valence-corrected chi connectivity index (χ3v) is 15.9. The maximum atomic E-state index is 2.59. The molecule has 184 valence electrons. The predicted octanol–water partition coefficient (Wildman–Crippen LogP) is -1.88. The Kier molecular flexibility index (Phi) is 13.8. The third-order valence-electron chi connectivity index (χ3n) is 8.14. The molecule has 1 aliphatic carbocycles. The fourth-order valence-electron chi connectivity index (χ4n) is 5.80. The fraction of sp³-hybridized carbons (Fsp3) is 0.448. The first-order chi connectivity index (χ1) is 14.8. The second kappa shape index (κ2) is 13.9. The van der Waals surface area contributed by atoms with Gasteiger partial charge >= 0.3 is 204 Å². The number of hydrogen-bond donors (Lipinski definition) is 0. The Balaban J connectivity index is 0.00000363. The van der Waals surface area contributed by atoms with Gasteiger partial charge in [0.1, 0.15) is 0 Å². The fourth-order valence-corrected chi connectivity index (χ4v) is 13.9. The van der Waals surface area contributed by atoms with Crippen molar-refractivity contribution in [2.75, 3.05) is 0 Å². The van der Waals surface area contributed by atoms with Crippen LogP contribution in [-0.4, -0.2) is 8.07 Å². The Hall–Kier alpha value is -0.279. The SMILES string of the molecule is CCCC[Si](c1ccccc1)(c1cc(CC)cc(CC)c1)C1(C)C(C)=C(C)C(C)=[C]1[Ti+3].[Cl-].[Cl-].[Cl-]. The molecule has 2 aromatic rings. The molecule has 34 heavy (non-hydrogen) atoms. The molecule has 0 saturated carbocycles. The number of rotatable bonds is 8. The van der Waals surface area contributed by atoms with E-state index in [1.165, 1.54) is 41.2 Å². The molecular weight excluding hydrogens is 531 g/mol. The first-order valence-electron chi connectivity index (χ1n) is 12.1. The van der Waals surface area contributed by atoms with Crippen molar-refractivity contribution in [1.29, 1.82) is 0 Å². The van der Waals surface area contributed by atoms with Gasteiger partial charge in [-0.25, -0.2) is 0 Å². The molecule has 0 N–H and O–H groups in total. The minimum absolute atomic E-state index is 0. The number of aryl methyl sites for hydroxylation is 2. The Morgan fingerprint density at radius 2 is 1.29 bits per heavy atom. The van der Waals surface area contributed by atoms with Crippen molar-refractivity contribution < 1.29 is 57.7 Å². The first kappa shape index (κ1) is 33.7. The van der Waals surface area contributed by atoms with Crippen LogP contribution < -0.4 is 47.6 Å². The van der Waals surface area contributed by atoms with Gasteiger partial charge in [0, 0.05) is 0 Å². The summed E-state index contributed by atoms with van der Waals surface area (Å²) in [5.74, 6) is 0. The van der Waals surface area contributed by atoms with Crippen LogP contribution in [-0.2, 0) is 33.3 Å². The minimum Gasteiger partial charge on any atom is -1.00 e. The Bertz CT molecular complexity index is 967. The van der Waals surface area contributed by atoms with Crippen LogP contribution >= 0.6 is 0 Å². The van der Waals surface area contributed by atoms with Gasteiger partial charge in [-0.2, -0.15) is 0 Å². The maximum absolute atomic E-state index is 2.59. The minimum atomic E-state index is -2.18. The largest absolute Gasteiger partial charge is 1.00 e. The molecule has 0 bridgehead atoms. The van der Waals surface area contributed by atoms with Gasteiger partial charge in [-0.1, -0.05) is 0 Å². The van der Waals surface area contributed by atoms with E-state index in [9.17, 15) is 0 Å². The molecule has 1 aliphatic rings. The Labute approximate surface area is 240 Å².